The molecule has 0 aliphatic carbocycles. The Morgan fingerprint density at radius 1 is 1.15 bits per heavy atom. The smallest absolute Gasteiger partial charge is 0.147 e. The summed E-state index contributed by atoms with van der Waals surface area (Å²) in [5.41, 5.74) is 0.108. The molecule has 20 heavy (non-hydrogen) atoms. The molecule has 0 amide bonds. The number of likely N-dealkylation sites (N-methyl/N-ethyl adjacent to an activating group) is 1. The summed E-state index contributed by atoms with van der Waals surface area (Å²) in [6.45, 7) is 9.79. The van der Waals surface area contributed by atoms with Crippen molar-refractivity contribution < 1.29 is 8.42 Å². The molecule has 0 aromatic rings. The van der Waals surface area contributed by atoms with Gasteiger partial charge in [0.15, 0.2) is 0 Å². The van der Waals surface area contributed by atoms with Crippen LogP contribution >= 0.6 is 0 Å². The number of nitrogens with zero attached hydrogens (tertiary/aromatic N) is 1. The Bertz CT molecular complexity index is 371. The first-order chi connectivity index (χ1) is 9.39. The predicted molar refractivity (Wildman–Crippen MR) is 85.9 cm³/mol. The van der Waals surface area contributed by atoms with E-state index in [1.807, 2.05) is 0 Å². The summed E-state index contributed by atoms with van der Waals surface area (Å²) in [7, 11) is -2.90. The van der Waals surface area contributed by atoms with Crippen LogP contribution in [0, 0.1) is 0 Å². The molecule has 1 atom stereocenters. The van der Waals surface area contributed by atoms with Crippen LogP contribution in [0.2, 0.25) is 0 Å². The molecular formula is C15H32N2O2S. The zero-order chi connectivity index (χ0) is 15.2. The zero-order valence-electron chi connectivity index (χ0n) is 13.6. The van der Waals surface area contributed by atoms with Crippen LogP contribution in [0.5, 0.6) is 0 Å². The fourth-order valence-electron chi connectivity index (χ4n) is 3.71. The standard InChI is InChI=1S/C15H32N2O2S/c1-5-15(6-2,17-11-8-9-12-17)14(16-7-3)10-13-20(4,18)19/h14,16H,5-13H2,1-4H3. The summed E-state index contributed by atoms with van der Waals surface area (Å²) in [4.78, 5) is 2.60. The molecule has 1 unspecified atom stereocenters. The van der Waals surface area contributed by atoms with Gasteiger partial charge in [-0.25, -0.2) is 8.42 Å². The Hall–Kier alpha value is -0.130. The predicted octanol–water partition coefficient (Wildman–Crippen LogP) is 2.05. The molecular weight excluding hydrogens is 272 g/mol. The normalized spacial score (nSPS) is 19.4. The Labute approximate surface area is 125 Å². The molecule has 0 aromatic heterocycles. The van der Waals surface area contributed by atoms with Crippen molar-refractivity contribution in [2.24, 2.45) is 0 Å². The van der Waals surface area contributed by atoms with Crippen LogP contribution in [0.25, 0.3) is 0 Å². The highest BCUT2D eigenvalue weighted by Crippen LogP contribution is 2.33. The van der Waals surface area contributed by atoms with E-state index in [1.54, 1.807) is 0 Å². The van der Waals surface area contributed by atoms with Gasteiger partial charge in [0.2, 0.25) is 0 Å². The van der Waals surface area contributed by atoms with Crippen LogP contribution in [0.1, 0.15) is 52.9 Å². The molecule has 0 saturated carbocycles. The van der Waals surface area contributed by atoms with E-state index in [2.05, 4.69) is 31.0 Å². The van der Waals surface area contributed by atoms with Crippen molar-refractivity contribution in [2.75, 3.05) is 31.6 Å². The van der Waals surface area contributed by atoms with Gasteiger partial charge in [0.25, 0.3) is 0 Å². The van der Waals surface area contributed by atoms with E-state index in [0.717, 1.165) is 32.5 Å². The van der Waals surface area contributed by atoms with Crippen LogP contribution in [-0.4, -0.2) is 56.5 Å². The lowest BCUT2D eigenvalue weighted by Gasteiger charge is -2.47. The van der Waals surface area contributed by atoms with Crippen LogP contribution in [-0.2, 0) is 9.84 Å². The van der Waals surface area contributed by atoms with Gasteiger partial charge < -0.3 is 5.32 Å². The molecule has 1 fully saturated rings. The quantitative estimate of drug-likeness (QED) is 0.708. The van der Waals surface area contributed by atoms with Crippen LogP contribution < -0.4 is 5.32 Å². The van der Waals surface area contributed by atoms with E-state index in [1.165, 1.54) is 19.1 Å². The summed E-state index contributed by atoms with van der Waals surface area (Å²) < 4.78 is 23.0. The van der Waals surface area contributed by atoms with E-state index in [4.69, 9.17) is 0 Å². The molecule has 1 N–H and O–H groups in total. The van der Waals surface area contributed by atoms with Crippen molar-refractivity contribution in [1.29, 1.82) is 0 Å². The molecule has 1 saturated heterocycles. The molecule has 0 radical (unpaired) electrons. The highest BCUT2D eigenvalue weighted by atomic mass is 32.2. The van der Waals surface area contributed by atoms with Crippen molar-refractivity contribution in [2.45, 2.75) is 64.5 Å². The van der Waals surface area contributed by atoms with Gasteiger partial charge in [0.05, 0.1) is 5.75 Å². The number of rotatable bonds is 9. The minimum absolute atomic E-state index is 0.108. The highest BCUT2D eigenvalue weighted by Gasteiger charge is 2.41. The van der Waals surface area contributed by atoms with Crippen molar-refractivity contribution in [3.63, 3.8) is 0 Å². The second-order valence-electron chi connectivity index (χ2n) is 6.03. The van der Waals surface area contributed by atoms with Gasteiger partial charge in [-0.05, 0) is 51.7 Å². The first-order valence-corrected chi connectivity index (χ1v) is 10.1. The van der Waals surface area contributed by atoms with Gasteiger partial charge in [0, 0.05) is 17.8 Å². The van der Waals surface area contributed by atoms with Gasteiger partial charge in [-0.2, -0.15) is 0 Å². The third-order valence-electron chi connectivity index (χ3n) is 4.84. The minimum Gasteiger partial charge on any atom is -0.312 e. The van der Waals surface area contributed by atoms with Crippen molar-refractivity contribution in [1.82, 2.24) is 10.2 Å². The van der Waals surface area contributed by atoms with Crippen LogP contribution in [0.4, 0.5) is 0 Å². The SMILES string of the molecule is CCNC(CCS(C)(=O)=O)C(CC)(CC)N1CCCC1. The van der Waals surface area contributed by atoms with E-state index < -0.39 is 9.84 Å². The second kappa shape index (κ2) is 7.76. The van der Waals surface area contributed by atoms with Gasteiger partial charge in [-0.3, -0.25) is 4.90 Å². The Morgan fingerprint density at radius 3 is 2.10 bits per heavy atom. The van der Waals surface area contributed by atoms with E-state index in [-0.39, 0.29) is 17.3 Å². The Morgan fingerprint density at radius 2 is 1.70 bits per heavy atom. The summed E-state index contributed by atoms with van der Waals surface area (Å²) in [5.74, 6) is 0.278. The number of hydrogen-bond donors (Lipinski definition) is 1. The Balaban J connectivity index is 2.91. The Kier molecular flexibility index (Phi) is 6.95. The number of hydrogen-bond acceptors (Lipinski definition) is 4. The number of sulfone groups is 1. The summed E-state index contributed by atoms with van der Waals surface area (Å²) in [6.07, 6.45) is 6.74. The third-order valence-corrected chi connectivity index (χ3v) is 5.81. The topological polar surface area (TPSA) is 49.4 Å². The van der Waals surface area contributed by atoms with Crippen molar-refractivity contribution >= 4 is 9.84 Å². The summed E-state index contributed by atoms with van der Waals surface area (Å²) >= 11 is 0. The number of nitrogens with one attached hydrogen (secondary N) is 1. The molecule has 120 valence electrons. The molecule has 1 aliphatic rings. The maximum Gasteiger partial charge on any atom is 0.147 e. The van der Waals surface area contributed by atoms with E-state index in [9.17, 15) is 8.42 Å². The van der Waals surface area contributed by atoms with Gasteiger partial charge >= 0.3 is 0 Å². The fourth-order valence-corrected chi connectivity index (χ4v) is 4.38. The lowest BCUT2D eigenvalue weighted by atomic mass is 9.81. The monoisotopic (exact) mass is 304 g/mol. The second-order valence-corrected chi connectivity index (χ2v) is 8.29. The molecule has 1 heterocycles. The summed E-state index contributed by atoms with van der Waals surface area (Å²) in [6, 6.07) is 0.260. The lowest BCUT2D eigenvalue weighted by Crippen LogP contribution is -2.60. The first kappa shape index (κ1) is 17.9. The summed E-state index contributed by atoms with van der Waals surface area (Å²) in [5, 5.41) is 3.57. The molecule has 0 aromatic carbocycles. The van der Waals surface area contributed by atoms with Crippen molar-refractivity contribution in [3.05, 3.63) is 0 Å². The maximum absolute atomic E-state index is 11.5. The van der Waals surface area contributed by atoms with Crippen LogP contribution in [0.15, 0.2) is 0 Å². The maximum atomic E-state index is 11.5. The first-order valence-electron chi connectivity index (χ1n) is 8.05. The molecule has 1 aliphatic heterocycles. The van der Waals surface area contributed by atoms with E-state index >= 15 is 0 Å². The van der Waals surface area contributed by atoms with Crippen molar-refractivity contribution in [3.8, 4) is 0 Å². The highest BCUT2D eigenvalue weighted by molar-refractivity contribution is 7.90. The average molecular weight is 305 g/mol. The lowest BCUT2D eigenvalue weighted by molar-refractivity contribution is 0.0614. The third kappa shape index (κ3) is 4.43. The zero-order valence-corrected chi connectivity index (χ0v) is 14.4. The van der Waals surface area contributed by atoms with E-state index in [0.29, 0.717) is 6.42 Å². The number of likely N-dealkylation sites (tertiary alicyclic amines) is 1. The van der Waals surface area contributed by atoms with Gasteiger partial charge in [-0.1, -0.05) is 20.8 Å². The van der Waals surface area contributed by atoms with Gasteiger partial charge in [0.1, 0.15) is 9.84 Å². The largest absolute Gasteiger partial charge is 0.312 e. The minimum atomic E-state index is -2.90. The van der Waals surface area contributed by atoms with Gasteiger partial charge in [-0.15, -0.1) is 0 Å². The molecule has 4 nitrogen and oxygen atoms in total. The molecule has 5 heteroatoms. The molecule has 0 spiro atoms. The molecule has 0 bridgehead atoms. The fraction of sp³-hybridized carbons (Fsp3) is 1.00. The van der Waals surface area contributed by atoms with Crippen LogP contribution in [0.3, 0.4) is 0 Å². The molecule has 1 rings (SSSR count). The average Bonchev–Trinajstić information content (AvgIpc) is 2.91.